The van der Waals surface area contributed by atoms with Crippen LogP contribution < -0.4 is 5.32 Å². The standard InChI is InChI=1S/C17H30N2OS/c1-5-9-14-15(12-18-13(3)4)21-16(19-14)17(20-6-2)10-7-8-11-17/h13,18H,5-12H2,1-4H3. The first-order chi connectivity index (χ1) is 10.1. The van der Waals surface area contributed by atoms with Crippen LogP contribution in [-0.4, -0.2) is 17.6 Å². The smallest absolute Gasteiger partial charge is 0.125 e. The van der Waals surface area contributed by atoms with Crippen LogP contribution >= 0.6 is 11.3 Å². The Balaban J connectivity index is 2.24. The van der Waals surface area contributed by atoms with E-state index >= 15 is 0 Å². The van der Waals surface area contributed by atoms with E-state index in [2.05, 4.69) is 33.0 Å². The van der Waals surface area contributed by atoms with Gasteiger partial charge in [-0.05, 0) is 26.2 Å². The number of rotatable bonds is 8. The first kappa shape index (κ1) is 16.9. The van der Waals surface area contributed by atoms with Gasteiger partial charge in [0.15, 0.2) is 0 Å². The molecule has 2 rings (SSSR count). The van der Waals surface area contributed by atoms with E-state index in [1.54, 1.807) is 0 Å². The predicted octanol–water partition coefficient (Wildman–Crippen LogP) is 4.40. The molecule has 1 saturated carbocycles. The highest BCUT2D eigenvalue weighted by atomic mass is 32.1. The Morgan fingerprint density at radius 3 is 2.57 bits per heavy atom. The van der Waals surface area contributed by atoms with Crippen molar-refractivity contribution in [2.75, 3.05) is 6.61 Å². The average molecular weight is 311 g/mol. The monoisotopic (exact) mass is 310 g/mol. The minimum atomic E-state index is -0.0853. The fraction of sp³-hybridized carbons (Fsp3) is 0.824. The highest BCUT2D eigenvalue weighted by Gasteiger charge is 2.39. The van der Waals surface area contributed by atoms with E-state index in [4.69, 9.17) is 9.72 Å². The van der Waals surface area contributed by atoms with E-state index in [0.717, 1.165) is 38.8 Å². The Bertz CT molecular complexity index is 436. The first-order valence-electron chi connectivity index (χ1n) is 8.47. The Labute approximate surface area is 133 Å². The fourth-order valence-electron chi connectivity index (χ4n) is 3.09. The number of thiazole rings is 1. The lowest BCUT2D eigenvalue weighted by Crippen LogP contribution is -2.26. The second-order valence-corrected chi connectivity index (χ2v) is 7.39. The second kappa shape index (κ2) is 7.70. The van der Waals surface area contributed by atoms with Gasteiger partial charge in [0, 0.05) is 24.1 Å². The maximum Gasteiger partial charge on any atom is 0.125 e. The number of nitrogens with zero attached hydrogens (tertiary/aromatic N) is 1. The molecule has 0 atom stereocenters. The van der Waals surface area contributed by atoms with E-state index in [9.17, 15) is 0 Å². The molecule has 0 unspecified atom stereocenters. The molecule has 0 amide bonds. The highest BCUT2D eigenvalue weighted by Crippen LogP contribution is 2.44. The van der Waals surface area contributed by atoms with Crippen LogP contribution in [0.1, 0.15) is 75.4 Å². The minimum Gasteiger partial charge on any atom is -0.368 e. The van der Waals surface area contributed by atoms with Crippen molar-refractivity contribution in [3.05, 3.63) is 15.6 Å². The minimum absolute atomic E-state index is 0.0853. The third-order valence-corrected chi connectivity index (χ3v) is 5.44. The number of aryl methyl sites for hydroxylation is 1. The van der Waals surface area contributed by atoms with Crippen LogP contribution in [0.3, 0.4) is 0 Å². The summed E-state index contributed by atoms with van der Waals surface area (Å²) in [7, 11) is 0. The summed E-state index contributed by atoms with van der Waals surface area (Å²) in [6, 6.07) is 0.511. The molecule has 1 aliphatic rings. The van der Waals surface area contributed by atoms with Gasteiger partial charge in [0.05, 0.1) is 5.69 Å². The SMILES string of the molecule is CCCc1nc(C2(OCC)CCCC2)sc1CNC(C)C. The van der Waals surface area contributed by atoms with Crippen molar-refractivity contribution in [3.8, 4) is 0 Å². The first-order valence-corrected chi connectivity index (χ1v) is 9.29. The Hall–Kier alpha value is -0.450. The van der Waals surface area contributed by atoms with Crippen molar-refractivity contribution in [2.45, 2.75) is 84.4 Å². The molecule has 1 aliphatic carbocycles. The van der Waals surface area contributed by atoms with Crippen molar-refractivity contribution in [3.63, 3.8) is 0 Å². The van der Waals surface area contributed by atoms with Gasteiger partial charge in [-0.2, -0.15) is 0 Å². The molecular weight excluding hydrogens is 280 g/mol. The lowest BCUT2D eigenvalue weighted by atomic mass is 10.0. The van der Waals surface area contributed by atoms with Gasteiger partial charge in [-0.3, -0.25) is 0 Å². The van der Waals surface area contributed by atoms with Gasteiger partial charge >= 0.3 is 0 Å². The van der Waals surface area contributed by atoms with E-state index < -0.39 is 0 Å². The molecule has 3 nitrogen and oxygen atoms in total. The van der Waals surface area contributed by atoms with Crippen molar-refractivity contribution in [1.82, 2.24) is 10.3 Å². The molecule has 0 aromatic carbocycles. The molecule has 0 aliphatic heterocycles. The van der Waals surface area contributed by atoms with E-state index in [-0.39, 0.29) is 5.60 Å². The molecular formula is C17H30N2OS. The Morgan fingerprint density at radius 2 is 2.00 bits per heavy atom. The van der Waals surface area contributed by atoms with Crippen LogP contribution in [0.5, 0.6) is 0 Å². The van der Waals surface area contributed by atoms with Gasteiger partial charge in [-0.15, -0.1) is 11.3 Å². The summed E-state index contributed by atoms with van der Waals surface area (Å²) in [5, 5.41) is 4.77. The van der Waals surface area contributed by atoms with Crippen LogP contribution in [-0.2, 0) is 23.3 Å². The van der Waals surface area contributed by atoms with Crippen LogP contribution in [0.25, 0.3) is 0 Å². The molecule has 0 saturated heterocycles. The summed E-state index contributed by atoms with van der Waals surface area (Å²) in [6.45, 7) is 10.4. The van der Waals surface area contributed by atoms with Crippen LogP contribution in [0.2, 0.25) is 0 Å². The molecule has 0 bridgehead atoms. The zero-order valence-electron chi connectivity index (χ0n) is 14.0. The topological polar surface area (TPSA) is 34.1 Å². The molecule has 1 heterocycles. The molecule has 1 aromatic rings. The lowest BCUT2D eigenvalue weighted by Gasteiger charge is -2.26. The van der Waals surface area contributed by atoms with Crippen LogP contribution in [0, 0.1) is 0 Å². The van der Waals surface area contributed by atoms with Gasteiger partial charge in [-0.1, -0.05) is 40.0 Å². The summed E-state index contributed by atoms with van der Waals surface area (Å²) in [5.74, 6) is 0. The molecule has 4 heteroatoms. The lowest BCUT2D eigenvalue weighted by molar-refractivity contribution is -0.0392. The number of aromatic nitrogens is 1. The van der Waals surface area contributed by atoms with Gasteiger partial charge in [0.25, 0.3) is 0 Å². The summed E-state index contributed by atoms with van der Waals surface area (Å²) in [4.78, 5) is 6.41. The molecule has 0 radical (unpaired) electrons. The highest BCUT2D eigenvalue weighted by molar-refractivity contribution is 7.11. The van der Waals surface area contributed by atoms with Crippen molar-refractivity contribution < 1.29 is 4.74 Å². The van der Waals surface area contributed by atoms with Gasteiger partial charge in [-0.25, -0.2) is 4.98 Å². The quantitative estimate of drug-likeness (QED) is 0.773. The van der Waals surface area contributed by atoms with Crippen molar-refractivity contribution >= 4 is 11.3 Å². The fourth-order valence-corrected chi connectivity index (χ4v) is 4.35. The summed E-state index contributed by atoms with van der Waals surface area (Å²) >= 11 is 1.88. The third-order valence-electron chi connectivity index (χ3n) is 4.16. The van der Waals surface area contributed by atoms with E-state index in [1.165, 1.54) is 28.4 Å². The predicted molar refractivity (Wildman–Crippen MR) is 89.9 cm³/mol. The molecule has 21 heavy (non-hydrogen) atoms. The third kappa shape index (κ3) is 4.05. The largest absolute Gasteiger partial charge is 0.368 e. The second-order valence-electron chi connectivity index (χ2n) is 6.31. The molecule has 0 spiro atoms. The number of hydrogen-bond acceptors (Lipinski definition) is 4. The van der Waals surface area contributed by atoms with E-state index in [0.29, 0.717) is 6.04 Å². The zero-order chi connectivity index (χ0) is 15.3. The number of ether oxygens (including phenoxy) is 1. The van der Waals surface area contributed by atoms with Gasteiger partial charge in [0.2, 0.25) is 0 Å². The van der Waals surface area contributed by atoms with Crippen molar-refractivity contribution in [1.29, 1.82) is 0 Å². The summed E-state index contributed by atoms with van der Waals surface area (Å²) < 4.78 is 6.18. The molecule has 120 valence electrons. The summed E-state index contributed by atoms with van der Waals surface area (Å²) in [5.41, 5.74) is 1.20. The molecule has 1 N–H and O–H groups in total. The zero-order valence-corrected chi connectivity index (χ0v) is 14.8. The Morgan fingerprint density at radius 1 is 1.29 bits per heavy atom. The maximum atomic E-state index is 6.18. The number of hydrogen-bond donors (Lipinski definition) is 1. The average Bonchev–Trinajstić information content (AvgIpc) is 3.05. The van der Waals surface area contributed by atoms with E-state index in [1.807, 2.05) is 11.3 Å². The Kier molecular flexibility index (Phi) is 6.20. The summed E-state index contributed by atoms with van der Waals surface area (Å²) in [6.07, 6.45) is 7.03. The number of nitrogens with one attached hydrogen (secondary N) is 1. The van der Waals surface area contributed by atoms with Gasteiger partial charge < -0.3 is 10.1 Å². The maximum absolute atomic E-state index is 6.18. The van der Waals surface area contributed by atoms with Gasteiger partial charge in [0.1, 0.15) is 10.6 Å². The van der Waals surface area contributed by atoms with Crippen LogP contribution in [0.15, 0.2) is 0 Å². The van der Waals surface area contributed by atoms with Crippen molar-refractivity contribution in [2.24, 2.45) is 0 Å². The normalized spacial score (nSPS) is 17.8. The van der Waals surface area contributed by atoms with Crippen LogP contribution in [0.4, 0.5) is 0 Å². The molecule has 1 fully saturated rings. The molecule has 1 aromatic heterocycles.